The van der Waals surface area contributed by atoms with Gasteiger partial charge >= 0.3 is 0 Å². The van der Waals surface area contributed by atoms with E-state index in [9.17, 15) is 0 Å². The SMILES string of the molecule is CCNC(Cc1cccc(Cl)c1)C(CC)CC. The first-order valence-corrected chi connectivity index (χ1v) is 7.06. The van der Waals surface area contributed by atoms with Crippen molar-refractivity contribution >= 4 is 11.6 Å². The van der Waals surface area contributed by atoms with E-state index < -0.39 is 0 Å². The molecular weight excluding hydrogens is 230 g/mol. The van der Waals surface area contributed by atoms with Gasteiger partial charge in [0.25, 0.3) is 0 Å². The van der Waals surface area contributed by atoms with Crippen molar-refractivity contribution in [3.05, 3.63) is 34.9 Å². The summed E-state index contributed by atoms with van der Waals surface area (Å²) in [7, 11) is 0. The van der Waals surface area contributed by atoms with Gasteiger partial charge < -0.3 is 5.32 Å². The van der Waals surface area contributed by atoms with Gasteiger partial charge in [-0.05, 0) is 36.6 Å². The fraction of sp³-hybridized carbons (Fsp3) is 0.600. The van der Waals surface area contributed by atoms with Crippen molar-refractivity contribution in [3.8, 4) is 0 Å². The molecular formula is C15H24ClN. The number of halogens is 1. The van der Waals surface area contributed by atoms with Crippen LogP contribution in [0.4, 0.5) is 0 Å². The third kappa shape index (κ3) is 4.69. The van der Waals surface area contributed by atoms with Crippen molar-refractivity contribution in [1.29, 1.82) is 0 Å². The number of nitrogens with one attached hydrogen (secondary N) is 1. The van der Waals surface area contributed by atoms with E-state index in [1.807, 2.05) is 12.1 Å². The molecule has 0 amide bonds. The van der Waals surface area contributed by atoms with E-state index in [1.165, 1.54) is 18.4 Å². The molecule has 1 nitrogen and oxygen atoms in total. The molecule has 0 saturated carbocycles. The average Bonchev–Trinajstić information content (AvgIpc) is 2.31. The molecule has 1 aromatic carbocycles. The molecule has 96 valence electrons. The highest BCUT2D eigenvalue weighted by Gasteiger charge is 2.17. The standard InChI is InChI=1S/C15H24ClN/c1-4-13(5-2)15(17-6-3)11-12-8-7-9-14(16)10-12/h7-10,13,15,17H,4-6,11H2,1-3H3. The Balaban J connectivity index is 2.71. The third-order valence-corrected chi connectivity index (χ3v) is 3.66. The van der Waals surface area contributed by atoms with Crippen molar-refractivity contribution in [2.45, 2.75) is 46.1 Å². The van der Waals surface area contributed by atoms with Crippen LogP contribution in [0.25, 0.3) is 0 Å². The van der Waals surface area contributed by atoms with Crippen LogP contribution in [0.1, 0.15) is 39.2 Å². The van der Waals surface area contributed by atoms with E-state index >= 15 is 0 Å². The van der Waals surface area contributed by atoms with E-state index in [-0.39, 0.29) is 0 Å². The van der Waals surface area contributed by atoms with Crippen molar-refractivity contribution < 1.29 is 0 Å². The first-order chi connectivity index (χ1) is 8.21. The summed E-state index contributed by atoms with van der Waals surface area (Å²) in [6.07, 6.45) is 3.53. The molecule has 17 heavy (non-hydrogen) atoms. The zero-order valence-corrected chi connectivity index (χ0v) is 11.9. The minimum absolute atomic E-state index is 0.563. The second kappa shape index (κ2) is 7.73. The number of likely N-dealkylation sites (N-methyl/N-ethyl adjacent to an activating group) is 1. The zero-order valence-electron chi connectivity index (χ0n) is 11.2. The Morgan fingerprint density at radius 2 is 1.88 bits per heavy atom. The van der Waals surface area contributed by atoms with Crippen LogP contribution in [0.15, 0.2) is 24.3 Å². The van der Waals surface area contributed by atoms with Gasteiger partial charge in [-0.2, -0.15) is 0 Å². The molecule has 0 aliphatic carbocycles. The molecule has 0 spiro atoms. The molecule has 1 aromatic rings. The van der Waals surface area contributed by atoms with Gasteiger partial charge in [-0.15, -0.1) is 0 Å². The van der Waals surface area contributed by atoms with Crippen LogP contribution in [-0.4, -0.2) is 12.6 Å². The molecule has 2 heteroatoms. The molecule has 0 fully saturated rings. The summed E-state index contributed by atoms with van der Waals surface area (Å²) < 4.78 is 0. The lowest BCUT2D eigenvalue weighted by Crippen LogP contribution is -2.37. The third-order valence-electron chi connectivity index (χ3n) is 3.43. The Hall–Kier alpha value is -0.530. The molecule has 0 heterocycles. The first kappa shape index (κ1) is 14.5. The lowest BCUT2D eigenvalue weighted by molar-refractivity contribution is 0.337. The van der Waals surface area contributed by atoms with Crippen LogP contribution in [0.3, 0.4) is 0 Å². The van der Waals surface area contributed by atoms with Gasteiger partial charge in [-0.25, -0.2) is 0 Å². The molecule has 0 saturated heterocycles. The Kier molecular flexibility index (Phi) is 6.61. The number of rotatable bonds is 7. The summed E-state index contributed by atoms with van der Waals surface area (Å²) in [4.78, 5) is 0. The summed E-state index contributed by atoms with van der Waals surface area (Å²) in [5, 5.41) is 4.44. The van der Waals surface area contributed by atoms with E-state index in [2.05, 4.69) is 38.2 Å². The number of hydrogen-bond donors (Lipinski definition) is 1. The summed E-state index contributed by atoms with van der Waals surface area (Å²) in [6, 6.07) is 8.78. The minimum Gasteiger partial charge on any atom is -0.314 e. The quantitative estimate of drug-likeness (QED) is 0.764. The van der Waals surface area contributed by atoms with Gasteiger partial charge in [0, 0.05) is 11.1 Å². The van der Waals surface area contributed by atoms with Crippen LogP contribution in [-0.2, 0) is 6.42 Å². The lowest BCUT2D eigenvalue weighted by atomic mass is 9.89. The Morgan fingerprint density at radius 1 is 1.18 bits per heavy atom. The number of benzene rings is 1. The van der Waals surface area contributed by atoms with Crippen molar-refractivity contribution in [2.24, 2.45) is 5.92 Å². The predicted octanol–water partition coefficient (Wildman–Crippen LogP) is 4.30. The van der Waals surface area contributed by atoms with E-state index in [0.717, 1.165) is 23.9 Å². The zero-order chi connectivity index (χ0) is 12.7. The highest BCUT2D eigenvalue weighted by Crippen LogP contribution is 2.19. The van der Waals surface area contributed by atoms with Gasteiger partial charge in [0.2, 0.25) is 0 Å². The van der Waals surface area contributed by atoms with Gasteiger partial charge in [0.15, 0.2) is 0 Å². The van der Waals surface area contributed by atoms with Gasteiger partial charge in [-0.1, -0.05) is 57.3 Å². The normalized spacial score (nSPS) is 13.0. The van der Waals surface area contributed by atoms with Crippen LogP contribution in [0.2, 0.25) is 5.02 Å². The first-order valence-electron chi connectivity index (χ1n) is 6.69. The lowest BCUT2D eigenvalue weighted by Gasteiger charge is -2.26. The monoisotopic (exact) mass is 253 g/mol. The Labute approximate surface area is 111 Å². The van der Waals surface area contributed by atoms with Gasteiger partial charge in [0.1, 0.15) is 0 Å². The summed E-state index contributed by atoms with van der Waals surface area (Å²) in [5.74, 6) is 0.744. The molecule has 1 rings (SSSR count). The maximum atomic E-state index is 6.03. The maximum Gasteiger partial charge on any atom is 0.0408 e. The van der Waals surface area contributed by atoms with Crippen LogP contribution in [0, 0.1) is 5.92 Å². The molecule has 0 aliphatic rings. The van der Waals surface area contributed by atoms with E-state index in [0.29, 0.717) is 6.04 Å². The second-order valence-electron chi connectivity index (χ2n) is 4.57. The van der Waals surface area contributed by atoms with Crippen LogP contribution in [0.5, 0.6) is 0 Å². The fourth-order valence-corrected chi connectivity index (χ4v) is 2.66. The largest absolute Gasteiger partial charge is 0.314 e. The predicted molar refractivity (Wildman–Crippen MR) is 76.7 cm³/mol. The Morgan fingerprint density at radius 3 is 2.41 bits per heavy atom. The fourth-order valence-electron chi connectivity index (χ4n) is 2.44. The smallest absolute Gasteiger partial charge is 0.0408 e. The molecule has 1 N–H and O–H groups in total. The van der Waals surface area contributed by atoms with Gasteiger partial charge in [-0.3, -0.25) is 0 Å². The number of hydrogen-bond acceptors (Lipinski definition) is 1. The topological polar surface area (TPSA) is 12.0 Å². The van der Waals surface area contributed by atoms with Crippen molar-refractivity contribution in [3.63, 3.8) is 0 Å². The summed E-state index contributed by atoms with van der Waals surface area (Å²) >= 11 is 6.03. The molecule has 0 bridgehead atoms. The summed E-state index contributed by atoms with van der Waals surface area (Å²) in [6.45, 7) is 7.75. The average molecular weight is 254 g/mol. The van der Waals surface area contributed by atoms with E-state index in [1.54, 1.807) is 0 Å². The molecule has 0 aromatic heterocycles. The molecule has 1 unspecified atom stereocenters. The Bertz CT molecular complexity index is 320. The molecule has 1 atom stereocenters. The van der Waals surface area contributed by atoms with Crippen LogP contribution < -0.4 is 5.32 Å². The van der Waals surface area contributed by atoms with Crippen LogP contribution >= 0.6 is 11.6 Å². The maximum absolute atomic E-state index is 6.03. The highest BCUT2D eigenvalue weighted by molar-refractivity contribution is 6.30. The summed E-state index contributed by atoms with van der Waals surface area (Å²) in [5.41, 5.74) is 1.33. The van der Waals surface area contributed by atoms with Crippen molar-refractivity contribution in [2.75, 3.05) is 6.54 Å². The van der Waals surface area contributed by atoms with Gasteiger partial charge in [0.05, 0.1) is 0 Å². The molecule has 0 radical (unpaired) electrons. The van der Waals surface area contributed by atoms with E-state index in [4.69, 9.17) is 11.6 Å². The minimum atomic E-state index is 0.563. The molecule has 0 aliphatic heterocycles. The van der Waals surface area contributed by atoms with Crippen molar-refractivity contribution in [1.82, 2.24) is 5.32 Å². The highest BCUT2D eigenvalue weighted by atomic mass is 35.5. The second-order valence-corrected chi connectivity index (χ2v) is 5.01.